The normalized spacial score (nSPS) is 29.0. The van der Waals surface area contributed by atoms with E-state index in [-0.39, 0.29) is 6.23 Å². The zero-order valence-electron chi connectivity index (χ0n) is 8.60. The van der Waals surface area contributed by atoms with Gasteiger partial charge in [-0.3, -0.25) is 10.2 Å². The molecule has 14 heavy (non-hydrogen) atoms. The Morgan fingerprint density at radius 1 is 1.36 bits per heavy atom. The van der Waals surface area contributed by atoms with Crippen LogP contribution in [-0.2, 0) is 4.84 Å². The molecule has 1 heterocycles. The summed E-state index contributed by atoms with van der Waals surface area (Å²) in [6.07, 6.45) is -0.00241. The number of likely N-dealkylation sites (N-methyl/N-ethyl adjacent to an activating group) is 1. The fourth-order valence-corrected chi connectivity index (χ4v) is 1.52. The molecular weight excluding hydrogens is 176 g/mol. The molecular formula is C11H16N2O. The van der Waals surface area contributed by atoms with Gasteiger partial charge in [-0.05, 0) is 12.5 Å². The van der Waals surface area contributed by atoms with Crippen LogP contribution in [0, 0.1) is 0 Å². The number of nitrogens with one attached hydrogen (secondary N) is 1. The van der Waals surface area contributed by atoms with E-state index >= 15 is 0 Å². The monoisotopic (exact) mass is 192 g/mol. The number of hydrogen-bond acceptors (Lipinski definition) is 3. The molecule has 1 aliphatic heterocycles. The van der Waals surface area contributed by atoms with Crippen molar-refractivity contribution in [2.45, 2.75) is 19.2 Å². The van der Waals surface area contributed by atoms with Gasteiger partial charge in [-0.1, -0.05) is 30.3 Å². The highest BCUT2D eigenvalue weighted by atomic mass is 16.7. The molecule has 0 aromatic heterocycles. The molecule has 1 aromatic rings. The van der Waals surface area contributed by atoms with E-state index in [0.717, 1.165) is 6.54 Å². The van der Waals surface area contributed by atoms with Crippen molar-refractivity contribution in [1.82, 2.24) is 10.4 Å². The quantitative estimate of drug-likeness (QED) is 0.730. The molecule has 0 bridgehead atoms. The second kappa shape index (κ2) is 4.09. The van der Waals surface area contributed by atoms with Crippen molar-refractivity contribution in [2.24, 2.45) is 0 Å². The second-order valence-electron chi connectivity index (χ2n) is 3.70. The van der Waals surface area contributed by atoms with Crippen molar-refractivity contribution < 1.29 is 4.84 Å². The Hall–Kier alpha value is -0.900. The maximum atomic E-state index is 5.71. The number of rotatable bonds is 1. The van der Waals surface area contributed by atoms with Gasteiger partial charge in [0.1, 0.15) is 0 Å². The van der Waals surface area contributed by atoms with Crippen LogP contribution in [0.15, 0.2) is 30.3 Å². The van der Waals surface area contributed by atoms with E-state index < -0.39 is 0 Å². The Labute approximate surface area is 84.6 Å². The minimum Gasteiger partial charge on any atom is -0.285 e. The molecule has 1 aromatic carbocycles. The Bertz CT molecular complexity index is 289. The molecule has 0 spiro atoms. The van der Waals surface area contributed by atoms with Crippen LogP contribution in [0.5, 0.6) is 0 Å². The highest BCUT2D eigenvalue weighted by Gasteiger charge is 2.23. The minimum atomic E-state index is -0.00241. The Balaban J connectivity index is 2.07. The summed E-state index contributed by atoms with van der Waals surface area (Å²) in [4.78, 5) is 5.71. The SMILES string of the molecule is CC1CNC(c2ccccc2)ON1C. The highest BCUT2D eigenvalue weighted by Crippen LogP contribution is 2.19. The molecule has 3 heteroatoms. The third kappa shape index (κ3) is 1.95. The number of hydrogen-bond donors (Lipinski definition) is 1. The Kier molecular flexibility index (Phi) is 2.82. The van der Waals surface area contributed by atoms with Crippen LogP contribution in [0.25, 0.3) is 0 Å². The fourth-order valence-electron chi connectivity index (χ4n) is 1.52. The van der Waals surface area contributed by atoms with E-state index in [0.29, 0.717) is 6.04 Å². The standard InChI is InChI=1S/C11H16N2O/c1-9-8-12-11(14-13(9)2)10-6-4-3-5-7-10/h3-7,9,11-12H,8H2,1-2H3. The Morgan fingerprint density at radius 3 is 2.71 bits per heavy atom. The molecule has 2 unspecified atom stereocenters. The van der Waals surface area contributed by atoms with Crippen molar-refractivity contribution in [3.05, 3.63) is 35.9 Å². The predicted octanol–water partition coefficient (Wildman–Crippen LogP) is 1.54. The molecule has 2 atom stereocenters. The second-order valence-corrected chi connectivity index (χ2v) is 3.70. The summed E-state index contributed by atoms with van der Waals surface area (Å²) in [5, 5.41) is 5.26. The van der Waals surface area contributed by atoms with Crippen LogP contribution in [0.1, 0.15) is 18.7 Å². The smallest absolute Gasteiger partial charge is 0.155 e. The molecule has 2 rings (SSSR count). The summed E-state index contributed by atoms with van der Waals surface area (Å²) in [7, 11) is 1.97. The van der Waals surface area contributed by atoms with Crippen LogP contribution in [0.2, 0.25) is 0 Å². The Morgan fingerprint density at radius 2 is 2.07 bits per heavy atom. The predicted molar refractivity (Wildman–Crippen MR) is 55.5 cm³/mol. The van der Waals surface area contributed by atoms with Gasteiger partial charge < -0.3 is 0 Å². The third-order valence-electron chi connectivity index (χ3n) is 2.59. The van der Waals surface area contributed by atoms with E-state index in [4.69, 9.17) is 4.84 Å². The third-order valence-corrected chi connectivity index (χ3v) is 2.59. The van der Waals surface area contributed by atoms with Gasteiger partial charge in [0.05, 0.1) is 0 Å². The summed E-state index contributed by atoms with van der Waals surface area (Å²) in [6, 6.07) is 10.6. The highest BCUT2D eigenvalue weighted by molar-refractivity contribution is 5.17. The van der Waals surface area contributed by atoms with Crippen LogP contribution in [0.4, 0.5) is 0 Å². The molecule has 0 amide bonds. The van der Waals surface area contributed by atoms with E-state index in [9.17, 15) is 0 Å². The zero-order chi connectivity index (χ0) is 9.97. The largest absolute Gasteiger partial charge is 0.285 e. The van der Waals surface area contributed by atoms with Gasteiger partial charge in [-0.2, -0.15) is 5.06 Å². The first-order valence-electron chi connectivity index (χ1n) is 4.95. The topological polar surface area (TPSA) is 24.5 Å². The molecule has 1 fully saturated rings. The van der Waals surface area contributed by atoms with E-state index in [1.54, 1.807) is 0 Å². The first-order valence-corrected chi connectivity index (χ1v) is 4.95. The fraction of sp³-hybridized carbons (Fsp3) is 0.455. The number of nitrogens with zero attached hydrogens (tertiary/aromatic N) is 1. The van der Waals surface area contributed by atoms with Crippen molar-refractivity contribution in [2.75, 3.05) is 13.6 Å². The molecule has 0 radical (unpaired) electrons. The summed E-state index contributed by atoms with van der Waals surface area (Å²) in [5.74, 6) is 0. The van der Waals surface area contributed by atoms with Crippen molar-refractivity contribution in [3.8, 4) is 0 Å². The van der Waals surface area contributed by atoms with Crippen LogP contribution < -0.4 is 5.32 Å². The summed E-state index contributed by atoms with van der Waals surface area (Å²) in [6.45, 7) is 3.09. The van der Waals surface area contributed by atoms with Crippen molar-refractivity contribution in [1.29, 1.82) is 0 Å². The van der Waals surface area contributed by atoms with Gasteiger partial charge in [-0.15, -0.1) is 0 Å². The van der Waals surface area contributed by atoms with Crippen LogP contribution in [0.3, 0.4) is 0 Å². The molecule has 3 nitrogen and oxygen atoms in total. The zero-order valence-corrected chi connectivity index (χ0v) is 8.60. The summed E-state index contributed by atoms with van der Waals surface area (Å²) >= 11 is 0. The van der Waals surface area contributed by atoms with Gasteiger partial charge in [0.25, 0.3) is 0 Å². The van der Waals surface area contributed by atoms with Gasteiger partial charge in [0.2, 0.25) is 0 Å². The lowest BCUT2D eigenvalue weighted by Gasteiger charge is -2.35. The maximum Gasteiger partial charge on any atom is 0.155 e. The lowest BCUT2D eigenvalue weighted by molar-refractivity contribution is -0.238. The number of benzene rings is 1. The van der Waals surface area contributed by atoms with Gasteiger partial charge in [-0.25, -0.2) is 0 Å². The van der Waals surface area contributed by atoms with Gasteiger partial charge >= 0.3 is 0 Å². The van der Waals surface area contributed by atoms with Gasteiger partial charge in [0, 0.05) is 19.6 Å². The molecule has 1 aliphatic rings. The van der Waals surface area contributed by atoms with E-state index in [2.05, 4.69) is 24.4 Å². The maximum absolute atomic E-state index is 5.71. The first-order chi connectivity index (χ1) is 6.77. The van der Waals surface area contributed by atoms with Crippen LogP contribution in [-0.4, -0.2) is 24.7 Å². The molecule has 1 N–H and O–H groups in total. The van der Waals surface area contributed by atoms with E-state index in [1.807, 2.05) is 30.3 Å². The number of hydroxylamine groups is 2. The van der Waals surface area contributed by atoms with Crippen molar-refractivity contribution >= 4 is 0 Å². The lowest BCUT2D eigenvalue weighted by atomic mass is 10.2. The minimum absolute atomic E-state index is 0.00241. The molecule has 76 valence electrons. The average molecular weight is 192 g/mol. The molecule has 0 saturated carbocycles. The molecule has 1 saturated heterocycles. The first kappa shape index (κ1) is 9.65. The average Bonchev–Trinajstić information content (AvgIpc) is 2.23. The summed E-state index contributed by atoms with van der Waals surface area (Å²) < 4.78 is 0. The lowest BCUT2D eigenvalue weighted by Crippen LogP contribution is -2.47. The summed E-state index contributed by atoms with van der Waals surface area (Å²) in [5.41, 5.74) is 1.17. The molecule has 0 aliphatic carbocycles. The van der Waals surface area contributed by atoms with E-state index in [1.165, 1.54) is 5.56 Å². The van der Waals surface area contributed by atoms with Crippen LogP contribution >= 0.6 is 0 Å². The van der Waals surface area contributed by atoms with Crippen molar-refractivity contribution in [3.63, 3.8) is 0 Å². The van der Waals surface area contributed by atoms with Gasteiger partial charge in [0.15, 0.2) is 6.23 Å².